The van der Waals surface area contributed by atoms with E-state index in [0.29, 0.717) is 24.4 Å². The third-order valence-electron chi connectivity index (χ3n) is 4.85. The van der Waals surface area contributed by atoms with Gasteiger partial charge in [0.25, 0.3) is 0 Å². The first-order chi connectivity index (χ1) is 11.2. The number of hydrogen-bond donors (Lipinski definition) is 2. The highest BCUT2D eigenvalue weighted by Crippen LogP contribution is 2.41. The van der Waals surface area contributed by atoms with E-state index in [4.69, 9.17) is 15.7 Å². The maximum atomic E-state index is 5.94. The summed E-state index contributed by atoms with van der Waals surface area (Å²) >= 11 is 0. The summed E-state index contributed by atoms with van der Waals surface area (Å²) in [6.45, 7) is 2.78. The first-order valence-corrected chi connectivity index (χ1v) is 8.48. The Labute approximate surface area is 136 Å². The van der Waals surface area contributed by atoms with Gasteiger partial charge in [0.2, 0.25) is 0 Å². The standard InChI is InChI=1S/C18H23N5/c1-11-3-2-6-20-16(11)10-21-17-9-15(13-7-14(19)8-13)22-18(23-17)12-4-5-12/h2-3,6,9,12-14H,4-5,7-8,10,19H2,1H3,(H,21,22,23). The van der Waals surface area contributed by atoms with E-state index in [1.165, 1.54) is 18.4 Å². The Kier molecular flexibility index (Phi) is 3.73. The first kappa shape index (κ1) is 14.6. The van der Waals surface area contributed by atoms with Crippen molar-refractivity contribution in [3.05, 3.63) is 47.2 Å². The van der Waals surface area contributed by atoms with E-state index < -0.39 is 0 Å². The number of nitrogens with one attached hydrogen (secondary N) is 1. The molecule has 120 valence electrons. The molecule has 2 aromatic heterocycles. The lowest BCUT2D eigenvalue weighted by Crippen LogP contribution is -2.35. The van der Waals surface area contributed by atoms with Gasteiger partial charge in [-0.1, -0.05) is 6.07 Å². The third-order valence-corrected chi connectivity index (χ3v) is 4.85. The molecule has 5 heteroatoms. The molecule has 0 aliphatic heterocycles. The van der Waals surface area contributed by atoms with Gasteiger partial charge in [-0.15, -0.1) is 0 Å². The lowest BCUT2D eigenvalue weighted by Gasteiger charge is -2.32. The van der Waals surface area contributed by atoms with E-state index in [-0.39, 0.29) is 0 Å². The van der Waals surface area contributed by atoms with Crippen LogP contribution in [0.5, 0.6) is 0 Å². The van der Waals surface area contributed by atoms with Crippen LogP contribution in [-0.2, 0) is 6.54 Å². The molecular formula is C18H23N5. The largest absolute Gasteiger partial charge is 0.364 e. The predicted molar refractivity (Wildman–Crippen MR) is 90.3 cm³/mol. The summed E-state index contributed by atoms with van der Waals surface area (Å²) in [5.41, 5.74) is 9.35. The number of aryl methyl sites for hydroxylation is 1. The summed E-state index contributed by atoms with van der Waals surface area (Å²) in [5, 5.41) is 3.43. The van der Waals surface area contributed by atoms with E-state index in [1.807, 2.05) is 12.3 Å². The monoisotopic (exact) mass is 309 g/mol. The maximum Gasteiger partial charge on any atom is 0.134 e. The quantitative estimate of drug-likeness (QED) is 0.888. The fraction of sp³-hybridized carbons (Fsp3) is 0.500. The second-order valence-corrected chi connectivity index (χ2v) is 6.86. The summed E-state index contributed by atoms with van der Waals surface area (Å²) in [4.78, 5) is 14.0. The van der Waals surface area contributed by atoms with Crippen molar-refractivity contribution in [3.63, 3.8) is 0 Å². The summed E-state index contributed by atoms with van der Waals surface area (Å²) < 4.78 is 0. The summed E-state index contributed by atoms with van der Waals surface area (Å²) in [7, 11) is 0. The lowest BCUT2D eigenvalue weighted by atomic mass is 9.78. The van der Waals surface area contributed by atoms with Crippen molar-refractivity contribution < 1.29 is 0 Å². The minimum absolute atomic E-state index is 0.340. The van der Waals surface area contributed by atoms with Crippen molar-refractivity contribution in [2.75, 3.05) is 5.32 Å². The molecule has 0 unspecified atom stereocenters. The van der Waals surface area contributed by atoms with Crippen molar-refractivity contribution in [1.29, 1.82) is 0 Å². The minimum Gasteiger partial charge on any atom is -0.364 e. The average molecular weight is 309 g/mol. The highest BCUT2D eigenvalue weighted by molar-refractivity contribution is 5.39. The molecule has 2 aromatic rings. The van der Waals surface area contributed by atoms with Gasteiger partial charge in [-0.2, -0.15) is 0 Å². The second-order valence-electron chi connectivity index (χ2n) is 6.86. The number of anilines is 1. The van der Waals surface area contributed by atoms with Gasteiger partial charge in [-0.3, -0.25) is 4.98 Å². The van der Waals surface area contributed by atoms with Crippen LogP contribution in [0, 0.1) is 6.92 Å². The van der Waals surface area contributed by atoms with Gasteiger partial charge in [0.15, 0.2) is 0 Å². The minimum atomic E-state index is 0.340. The van der Waals surface area contributed by atoms with Crippen LogP contribution in [0.1, 0.15) is 60.3 Å². The van der Waals surface area contributed by atoms with Crippen LogP contribution in [0.2, 0.25) is 0 Å². The van der Waals surface area contributed by atoms with Crippen LogP contribution in [0.15, 0.2) is 24.4 Å². The molecule has 2 aliphatic rings. The normalized spacial score (nSPS) is 23.4. The van der Waals surface area contributed by atoms with Crippen molar-refractivity contribution in [2.45, 2.75) is 57.0 Å². The van der Waals surface area contributed by atoms with Crippen molar-refractivity contribution in [2.24, 2.45) is 5.73 Å². The molecule has 3 N–H and O–H groups in total. The van der Waals surface area contributed by atoms with Crippen LogP contribution < -0.4 is 11.1 Å². The number of aromatic nitrogens is 3. The molecule has 0 spiro atoms. The van der Waals surface area contributed by atoms with Gasteiger partial charge in [0, 0.05) is 35.8 Å². The Morgan fingerprint density at radius 3 is 2.74 bits per heavy atom. The zero-order valence-electron chi connectivity index (χ0n) is 13.5. The number of nitrogens with two attached hydrogens (primary N) is 1. The van der Waals surface area contributed by atoms with E-state index in [0.717, 1.165) is 35.9 Å². The number of pyridine rings is 1. The molecule has 23 heavy (non-hydrogen) atoms. The van der Waals surface area contributed by atoms with E-state index in [9.17, 15) is 0 Å². The van der Waals surface area contributed by atoms with Crippen molar-refractivity contribution >= 4 is 5.82 Å². The molecule has 0 radical (unpaired) electrons. The Morgan fingerprint density at radius 2 is 2.04 bits per heavy atom. The van der Waals surface area contributed by atoms with Gasteiger partial charge in [0.05, 0.1) is 12.2 Å². The maximum absolute atomic E-state index is 5.94. The molecular weight excluding hydrogens is 286 g/mol. The summed E-state index contributed by atoms with van der Waals surface area (Å²) in [5.74, 6) is 2.98. The molecule has 2 fully saturated rings. The van der Waals surface area contributed by atoms with Crippen LogP contribution in [-0.4, -0.2) is 21.0 Å². The smallest absolute Gasteiger partial charge is 0.134 e. The van der Waals surface area contributed by atoms with Crippen LogP contribution in [0.4, 0.5) is 5.82 Å². The molecule has 0 aromatic carbocycles. The van der Waals surface area contributed by atoms with Crippen LogP contribution >= 0.6 is 0 Å². The topological polar surface area (TPSA) is 76.7 Å². The van der Waals surface area contributed by atoms with Gasteiger partial charge in [-0.25, -0.2) is 9.97 Å². The molecule has 2 saturated carbocycles. The fourth-order valence-corrected chi connectivity index (χ4v) is 3.09. The van der Waals surface area contributed by atoms with E-state index >= 15 is 0 Å². The van der Waals surface area contributed by atoms with Crippen molar-refractivity contribution in [3.8, 4) is 0 Å². The SMILES string of the molecule is Cc1cccnc1CNc1cc(C2CC(N)C2)nc(C2CC2)n1. The van der Waals surface area contributed by atoms with Crippen LogP contribution in [0.3, 0.4) is 0 Å². The summed E-state index contributed by atoms with van der Waals surface area (Å²) in [6.07, 6.45) is 6.35. The third kappa shape index (κ3) is 3.20. The Balaban J connectivity index is 1.54. The highest BCUT2D eigenvalue weighted by atomic mass is 15.0. The van der Waals surface area contributed by atoms with Gasteiger partial charge in [-0.05, 0) is 44.2 Å². The molecule has 0 saturated heterocycles. The molecule has 2 heterocycles. The molecule has 4 rings (SSSR count). The molecule has 0 atom stereocenters. The highest BCUT2D eigenvalue weighted by Gasteiger charge is 2.32. The van der Waals surface area contributed by atoms with Crippen molar-refractivity contribution in [1.82, 2.24) is 15.0 Å². The van der Waals surface area contributed by atoms with E-state index in [2.05, 4.69) is 29.4 Å². The Hall–Kier alpha value is -2.01. The van der Waals surface area contributed by atoms with Crippen LogP contribution in [0.25, 0.3) is 0 Å². The van der Waals surface area contributed by atoms with Gasteiger partial charge in [0.1, 0.15) is 11.6 Å². The predicted octanol–water partition coefficient (Wildman–Crippen LogP) is 2.87. The lowest BCUT2D eigenvalue weighted by molar-refractivity contribution is 0.344. The number of nitrogens with zero attached hydrogens (tertiary/aromatic N) is 3. The number of rotatable bonds is 5. The van der Waals surface area contributed by atoms with Gasteiger partial charge >= 0.3 is 0 Å². The number of hydrogen-bond acceptors (Lipinski definition) is 5. The molecule has 2 aliphatic carbocycles. The molecule has 0 bridgehead atoms. The Morgan fingerprint density at radius 1 is 1.22 bits per heavy atom. The second kappa shape index (κ2) is 5.89. The molecule has 5 nitrogen and oxygen atoms in total. The zero-order chi connectivity index (χ0) is 15.8. The zero-order valence-corrected chi connectivity index (χ0v) is 13.5. The van der Waals surface area contributed by atoms with Gasteiger partial charge < -0.3 is 11.1 Å². The fourth-order valence-electron chi connectivity index (χ4n) is 3.09. The molecule has 0 amide bonds. The average Bonchev–Trinajstić information content (AvgIpc) is 3.36. The first-order valence-electron chi connectivity index (χ1n) is 8.48. The van der Waals surface area contributed by atoms with E-state index in [1.54, 1.807) is 0 Å². The summed E-state index contributed by atoms with van der Waals surface area (Å²) in [6, 6.07) is 6.49. The Bertz CT molecular complexity index is 704.